The lowest BCUT2D eigenvalue weighted by Gasteiger charge is -2.02. The zero-order valence-corrected chi connectivity index (χ0v) is 12.1. The number of hydrogen-bond acceptors (Lipinski definition) is 3. The first kappa shape index (κ1) is 14.5. The van der Waals surface area contributed by atoms with Gasteiger partial charge in [0, 0.05) is 28.4 Å². The lowest BCUT2D eigenvalue weighted by atomic mass is 10.2. The van der Waals surface area contributed by atoms with Crippen LogP contribution in [0, 0.1) is 0 Å². The van der Waals surface area contributed by atoms with Gasteiger partial charge in [0.2, 0.25) is 0 Å². The summed E-state index contributed by atoms with van der Waals surface area (Å²) in [5.41, 5.74) is 4.56. The van der Waals surface area contributed by atoms with Crippen LogP contribution in [0.3, 0.4) is 0 Å². The molecule has 0 saturated carbocycles. The number of nitrogens with zero attached hydrogens (tertiary/aromatic N) is 1. The molecule has 2 aromatic carbocycles. The number of aromatic nitrogens is 1. The monoisotopic (exact) mass is 306 g/mol. The Morgan fingerprint density at radius 1 is 0.957 bits per heavy atom. The van der Waals surface area contributed by atoms with Crippen LogP contribution in [0.1, 0.15) is 5.56 Å². The van der Waals surface area contributed by atoms with Crippen molar-refractivity contribution in [3.05, 3.63) is 66.4 Å². The maximum atomic E-state index is 11.7. The van der Waals surface area contributed by atoms with Crippen LogP contribution >= 0.6 is 0 Å². The van der Waals surface area contributed by atoms with E-state index in [1.807, 2.05) is 30.3 Å². The van der Waals surface area contributed by atoms with Crippen molar-refractivity contribution in [2.45, 2.75) is 0 Å². The summed E-state index contributed by atoms with van der Waals surface area (Å²) in [6, 6.07) is 16.5. The van der Waals surface area contributed by atoms with Crippen LogP contribution in [0.5, 0.6) is 0 Å². The van der Waals surface area contributed by atoms with E-state index >= 15 is 0 Å². The number of aromatic amines is 1. The van der Waals surface area contributed by atoms with Gasteiger partial charge < -0.3 is 10.3 Å². The summed E-state index contributed by atoms with van der Waals surface area (Å²) < 4.78 is 0. The first-order chi connectivity index (χ1) is 11.2. The van der Waals surface area contributed by atoms with Crippen LogP contribution in [0.4, 0.5) is 5.69 Å². The molecule has 0 saturated heterocycles. The molecule has 2 amide bonds. The Balaban J connectivity index is 1.61. The van der Waals surface area contributed by atoms with Gasteiger partial charge in [-0.2, -0.15) is 5.10 Å². The van der Waals surface area contributed by atoms with Crippen molar-refractivity contribution in [1.29, 1.82) is 0 Å². The SMILES string of the molecule is O=C(N/N=C\c1c[nH]c2ccccc12)C(=O)Nc1ccccc1. The molecule has 6 nitrogen and oxygen atoms in total. The van der Waals surface area contributed by atoms with E-state index in [-0.39, 0.29) is 0 Å². The molecule has 23 heavy (non-hydrogen) atoms. The number of para-hydroxylation sites is 2. The molecule has 6 heteroatoms. The van der Waals surface area contributed by atoms with Gasteiger partial charge in [0.15, 0.2) is 0 Å². The van der Waals surface area contributed by atoms with Crippen LogP contribution in [0.15, 0.2) is 65.9 Å². The minimum Gasteiger partial charge on any atom is -0.361 e. The predicted octanol–water partition coefficient (Wildman–Crippen LogP) is 2.26. The van der Waals surface area contributed by atoms with E-state index in [0.29, 0.717) is 5.69 Å². The summed E-state index contributed by atoms with van der Waals surface area (Å²) in [4.78, 5) is 26.5. The normalized spacial score (nSPS) is 10.8. The van der Waals surface area contributed by atoms with E-state index in [1.54, 1.807) is 30.5 Å². The number of fused-ring (bicyclic) bond motifs is 1. The second-order valence-corrected chi connectivity index (χ2v) is 4.81. The Bertz CT molecular complexity index is 868. The highest BCUT2D eigenvalue weighted by Gasteiger charge is 2.12. The summed E-state index contributed by atoms with van der Waals surface area (Å²) >= 11 is 0. The third kappa shape index (κ3) is 3.44. The van der Waals surface area contributed by atoms with Gasteiger partial charge >= 0.3 is 11.8 Å². The molecule has 0 radical (unpaired) electrons. The van der Waals surface area contributed by atoms with Crippen molar-refractivity contribution in [2.24, 2.45) is 5.10 Å². The van der Waals surface area contributed by atoms with Crippen molar-refractivity contribution in [3.8, 4) is 0 Å². The van der Waals surface area contributed by atoms with Gasteiger partial charge in [-0.3, -0.25) is 9.59 Å². The van der Waals surface area contributed by atoms with Crippen molar-refractivity contribution in [2.75, 3.05) is 5.32 Å². The summed E-state index contributed by atoms with van der Waals surface area (Å²) in [5.74, 6) is -1.60. The second-order valence-electron chi connectivity index (χ2n) is 4.81. The van der Waals surface area contributed by atoms with Crippen molar-refractivity contribution in [1.82, 2.24) is 10.4 Å². The number of benzene rings is 2. The average Bonchev–Trinajstić information content (AvgIpc) is 2.99. The number of amides is 2. The number of rotatable bonds is 3. The van der Waals surface area contributed by atoms with Crippen molar-refractivity contribution >= 4 is 34.6 Å². The van der Waals surface area contributed by atoms with Crippen molar-refractivity contribution in [3.63, 3.8) is 0 Å². The smallest absolute Gasteiger partial charge is 0.329 e. The average molecular weight is 306 g/mol. The Hall–Kier alpha value is -3.41. The number of anilines is 1. The maximum absolute atomic E-state index is 11.7. The molecule has 0 atom stereocenters. The van der Waals surface area contributed by atoms with E-state index < -0.39 is 11.8 Å². The minimum absolute atomic E-state index is 0.549. The van der Waals surface area contributed by atoms with Crippen LogP contribution in [-0.2, 0) is 9.59 Å². The molecule has 0 bridgehead atoms. The number of hydrogen-bond donors (Lipinski definition) is 3. The number of carbonyl (C=O) groups is 2. The summed E-state index contributed by atoms with van der Waals surface area (Å²) in [6.07, 6.45) is 3.27. The van der Waals surface area contributed by atoms with E-state index in [4.69, 9.17) is 0 Å². The van der Waals surface area contributed by atoms with Crippen LogP contribution in [0.25, 0.3) is 10.9 Å². The van der Waals surface area contributed by atoms with Gasteiger partial charge in [-0.1, -0.05) is 36.4 Å². The Morgan fingerprint density at radius 2 is 1.70 bits per heavy atom. The minimum atomic E-state index is -0.829. The van der Waals surface area contributed by atoms with E-state index in [1.165, 1.54) is 6.21 Å². The van der Waals surface area contributed by atoms with Crippen molar-refractivity contribution < 1.29 is 9.59 Å². The highest BCUT2D eigenvalue weighted by Crippen LogP contribution is 2.15. The highest BCUT2D eigenvalue weighted by molar-refractivity contribution is 6.39. The molecule has 114 valence electrons. The van der Waals surface area contributed by atoms with Crippen LogP contribution in [-0.4, -0.2) is 23.0 Å². The van der Waals surface area contributed by atoms with E-state index in [9.17, 15) is 9.59 Å². The number of nitrogens with one attached hydrogen (secondary N) is 3. The fourth-order valence-corrected chi connectivity index (χ4v) is 2.12. The molecule has 0 unspecified atom stereocenters. The van der Waals surface area contributed by atoms with Gasteiger partial charge in [-0.25, -0.2) is 5.43 Å². The molecule has 3 N–H and O–H groups in total. The van der Waals surface area contributed by atoms with Gasteiger partial charge in [0.05, 0.1) is 6.21 Å². The third-order valence-corrected chi connectivity index (χ3v) is 3.23. The van der Waals surface area contributed by atoms with Crippen LogP contribution < -0.4 is 10.7 Å². The Kier molecular flexibility index (Phi) is 4.15. The molecule has 3 rings (SSSR count). The van der Waals surface area contributed by atoms with Gasteiger partial charge in [0.1, 0.15) is 0 Å². The highest BCUT2D eigenvalue weighted by atomic mass is 16.2. The predicted molar refractivity (Wildman–Crippen MR) is 89.1 cm³/mol. The lowest BCUT2D eigenvalue weighted by molar-refractivity contribution is -0.136. The largest absolute Gasteiger partial charge is 0.361 e. The zero-order valence-electron chi connectivity index (χ0n) is 12.1. The summed E-state index contributed by atoms with van der Waals surface area (Å²) in [7, 11) is 0. The molecule has 0 fully saturated rings. The first-order valence-electron chi connectivity index (χ1n) is 6.99. The summed E-state index contributed by atoms with van der Waals surface area (Å²) in [6.45, 7) is 0. The topological polar surface area (TPSA) is 86.3 Å². The van der Waals surface area contributed by atoms with Gasteiger partial charge in [0.25, 0.3) is 0 Å². The molecule has 0 aliphatic heterocycles. The second kappa shape index (κ2) is 6.57. The molecule has 1 aromatic heterocycles. The quantitative estimate of drug-likeness (QED) is 0.394. The molecule has 3 aromatic rings. The van der Waals surface area contributed by atoms with Crippen LogP contribution in [0.2, 0.25) is 0 Å². The third-order valence-electron chi connectivity index (χ3n) is 3.23. The fraction of sp³-hybridized carbons (Fsp3) is 0. The standard InChI is InChI=1S/C17H14N4O2/c22-16(20-13-6-2-1-3-7-13)17(23)21-19-11-12-10-18-15-9-5-4-8-14(12)15/h1-11,18H,(H,20,22)(H,21,23)/b19-11-. The number of carbonyl (C=O) groups excluding carboxylic acids is 2. The molecule has 0 aliphatic rings. The zero-order chi connectivity index (χ0) is 16.1. The van der Waals surface area contributed by atoms with Gasteiger partial charge in [-0.15, -0.1) is 0 Å². The number of hydrazone groups is 1. The van der Waals surface area contributed by atoms with E-state index in [0.717, 1.165) is 16.5 Å². The molecule has 0 aliphatic carbocycles. The number of H-pyrrole nitrogens is 1. The first-order valence-corrected chi connectivity index (χ1v) is 6.99. The molecular weight excluding hydrogens is 292 g/mol. The fourth-order valence-electron chi connectivity index (χ4n) is 2.12. The lowest BCUT2D eigenvalue weighted by Crippen LogP contribution is -2.32. The molecular formula is C17H14N4O2. The Labute approximate surface area is 132 Å². The maximum Gasteiger partial charge on any atom is 0.329 e. The summed E-state index contributed by atoms with van der Waals surface area (Å²) in [5, 5.41) is 7.29. The Morgan fingerprint density at radius 3 is 2.52 bits per heavy atom. The van der Waals surface area contributed by atoms with Gasteiger partial charge in [-0.05, 0) is 18.2 Å². The van der Waals surface area contributed by atoms with E-state index in [2.05, 4.69) is 20.8 Å². The molecule has 0 spiro atoms. The molecule has 1 heterocycles.